The molecule has 4 aromatic rings. The lowest BCUT2D eigenvalue weighted by Crippen LogP contribution is -2.19. The van der Waals surface area contributed by atoms with Crippen LogP contribution >= 0.6 is 0 Å². The lowest BCUT2D eigenvalue weighted by Gasteiger charge is -2.10. The van der Waals surface area contributed by atoms with Gasteiger partial charge in [-0.1, -0.05) is 30.3 Å². The van der Waals surface area contributed by atoms with Crippen molar-refractivity contribution in [2.45, 2.75) is 12.6 Å². The molecule has 5 heteroatoms. The molecule has 110 valence electrons. The maximum Gasteiger partial charge on any atom is 0.160 e. The molecule has 4 rings (SSSR count). The number of aromatic nitrogens is 3. The highest BCUT2D eigenvalue weighted by atomic mass is 16.3. The van der Waals surface area contributed by atoms with E-state index >= 15 is 0 Å². The van der Waals surface area contributed by atoms with Gasteiger partial charge in [0.15, 0.2) is 5.65 Å². The third-order valence-corrected chi connectivity index (χ3v) is 3.86. The van der Waals surface area contributed by atoms with E-state index in [1.165, 1.54) is 0 Å². The fourth-order valence-electron chi connectivity index (χ4n) is 2.84. The number of benzene rings is 2. The summed E-state index contributed by atoms with van der Waals surface area (Å²) in [5, 5.41) is 20.0. The van der Waals surface area contributed by atoms with Gasteiger partial charge in [-0.3, -0.25) is 0 Å². The van der Waals surface area contributed by atoms with Crippen molar-refractivity contribution in [3.8, 4) is 0 Å². The Balaban J connectivity index is 2.11. The topological polar surface area (TPSA) is 71.2 Å². The zero-order valence-corrected chi connectivity index (χ0v) is 11.8. The monoisotopic (exact) mass is 293 g/mol. The van der Waals surface area contributed by atoms with Crippen molar-refractivity contribution in [3.63, 3.8) is 0 Å². The summed E-state index contributed by atoms with van der Waals surface area (Å²) in [4.78, 5) is 9.44. The molecule has 0 radical (unpaired) electrons. The minimum absolute atomic E-state index is 0.283. The summed E-state index contributed by atoms with van der Waals surface area (Å²) in [6.07, 6.45) is -0.827. The number of fused-ring (bicyclic) bond motifs is 4. The van der Waals surface area contributed by atoms with Crippen molar-refractivity contribution in [1.82, 2.24) is 14.5 Å². The number of hydrogen-bond donors (Lipinski definition) is 2. The maximum atomic E-state index is 9.84. The molecule has 22 heavy (non-hydrogen) atoms. The Morgan fingerprint density at radius 3 is 2.41 bits per heavy atom. The number of hydrogen-bond acceptors (Lipinski definition) is 4. The SMILES string of the molecule is OCC(O)Cn1c2ccccc2c2nc3ccccc3nc21. The number of aliphatic hydroxyl groups excluding tert-OH is 2. The van der Waals surface area contributed by atoms with Crippen LogP contribution in [0.25, 0.3) is 33.1 Å². The van der Waals surface area contributed by atoms with Gasteiger partial charge >= 0.3 is 0 Å². The van der Waals surface area contributed by atoms with Gasteiger partial charge in [0.25, 0.3) is 0 Å². The highest BCUT2D eigenvalue weighted by molar-refractivity contribution is 6.06. The molecule has 0 bridgehead atoms. The first-order valence-electron chi connectivity index (χ1n) is 7.20. The fourth-order valence-corrected chi connectivity index (χ4v) is 2.84. The molecule has 1 unspecified atom stereocenters. The summed E-state index contributed by atoms with van der Waals surface area (Å²) >= 11 is 0. The fraction of sp³-hybridized carbons (Fsp3) is 0.176. The lowest BCUT2D eigenvalue weighted by molar-refractivity contribution is 0.0830. The second kappa shape index (κ2) is 5.05. The number of aliphatic hydroxyl groups is 2. The van der Waals surface area contributed by atoms with E-state index in [0.29, 0.717) is 0 Å². The van der Waals surface area contributed by atoms with Gasteiger partial charge in [-0.2, -0.15) is 0 Å². The molecule has 5 nitrogen and oxygen atoms in total. The molecular weight excluding hydrogens is 278 g/mol. The van der Waals surface area contributed by atoms with E-state index < -0.39 is 6.10 Å². The summed E-state index contributed by atoms with van der Waals surface area (Å²) in [5.41, 5.74) is 4.17. The molecule has 0 aliphatic carbocycles. The molecule has 0 saturated carbocycles. The summed E-state index contributed by atoms with van der Waals surface area (Å²) in [6, 6.07) is 15.6. The number of rotatable bonds is 3. The van der Waals surface area contributed by atoms with Gasteiger partial charge in [-0.15, -0.1) is 0 Å². The summed E-state index contributed by atoms with van der Waals surface area (Å²) in [6.45, 7) is 0.00252. The molecular formula is C17H15N3O2. The summed E-state index contributed by atoms with van der Waals surface area (Å²) in [7, 11) is 0. The second-order valence-electron chi connectivity index (χ2n) is 5.35. The van der Waals surface area contributed by atoms with Crippen LogP contribution in [0.15, 0.2) is 48.5 Å². The third kappa shape index (κ3) is 1.94. The average Bonchev–Trinajstić information content (AvgIpc) is 2.86. The van der Waals surface area contributed by atoms with Crippen molar-refractivity contribution >= 4 is 33.1 Å². The van der Waals surface area contributed by atoms with E-state index in [2.05, 4.69) is 0 Å². The van der Waals surface area contributed by atoms with Crippen LogP contribution < -0.4 is 0 Å². The number of nitrogens with zero attached hydrogens (tertiary/aromatic N) is 3. The number of para-hydroxylation sites is 3. The molecule has 0 amide bonds. The molecule has 2 heterocycles. The van der Waals surface area contributed by atoms with Gasteiger partial charge in [0.1, 0.15) is 5.52 Å². The minimum atomic E-state index is -0.827. The smallest absolute Gasteiger partial charge is 0.160 e. The van der Waals surface area contributed by atoms with Gasteiger partial charge < -0.3 is 14.8 Å². The van der Waals surface area contributed by atoms with E-state index in [1.807, 2.05) is 53.1 Å². The molecule has 0 spiro atoms. The predicted molar refractivity (Wildman–Crippen MR) is 85.6 cm³/mol. The molecule has 2 aromatic carbocycles. The second-order valence-corrected chi connectivity index (χ2v) is 5.35. The van der Waals surface area contributed by atoms with Crippen molar-refractivity contribution in [2.75, 3.05) is 6.61 Å². The highest BCUT2D eigenvalue weighted by Crippen LogP contribution is 2.28. The quantitative estimate of drug-likeness (QED) is 0.607. The standard InChI is InChI=1S/C17H15N3O2/c21-10-11(22)9-20-15-8-4-1-5-12(15)16-17(20)19-14-7-3-2-6-13(14)18-16/h1-8,11,21-22H,9-10H2. The van der Waals surface area contributed by atoms with E-state index in [4.69, 9.17) is 15.1 Å². The van der Waals surface area contributed by atoms with Crippen LogP contribution in [0.4, 0.5) is 0 Å². The first kappa shape index (κ1) is 13.2. The maximum absolute atomic E-state index is 9.84. The van der Waals surface area contributed by atoms with E-state index in [9.17, 15) is 5.11 Å². The molecule has 0 aliphatic rings. The minimum Gasteiger partial charge on any atom is -0.394 e. The van der Waals surface area contributed by atoms with Crippen LogP contribution in [0.2, 0.25) is 0 Å². The van der Waals surface area contributed by atoms with Gasteiger partial charge in [0, 0.05) is 5.39 Å². The van der Waals surface area contributed by atoms with Crippen LogP contribution in [0, 0.1) is 0 Å². The summed E-state index contributed by atoms with van der Waals surface area (Å²) in [5.74, 6) is 0. The average molecular weight is 293 g/mol. The highest BCUT2D eigenvalue weighted by Gasteiger charge is 2.16. The van der Waals surface area contributed by atoms with Crippen LogP contribution in [-0.4, -0.2) is 37.5 Å². The van der Waals surface area contributed by atoms with Crippen molar-refractivity contribution in [1.29, 1.82) is 0 Å². The Hall–Kier alpha value is -2.50. The largest absolute Gasteiger partial charge is 0.394 e. The van der Waals surface area contributed by atoms with Gasteiger partial charge in [0.2, 0.25) is 0 Å². The van der Waals surface area contributed by atoms with E-state index in [-0.39, 0.29) is 13.2 Å². The lowest BCUT2D eigenvalue weighted by atomic mass is 10.2. The van der Waals surface area contributed by atoms with Gasteiger partial charge in [-0.05, 0) is 18.2 Å². The molecule has 1 atom stereocenters. The molecule has 0 saturated heterocycles. The first-order chi connectivity index (χ1) is 10.8. The third-order valence-electron chi connectivity index (χ3n) is 3.86. The van der Waals surface area contributed by atoms with Gasteiger partial charge in [0.05, 0.1) is 35.8 Å². The van der Waals surface area contributed by atoms with Crippen molar-refractivity contribution in [2.24, 2.45) is 0 Å². The molecule has 0 aliphatic heterocycles. The molecule has 2 aromatic heterocycles. The van der Waals surface area contributed by atoms with Crippen LogP contribution in [-0.2, 0) is 6.54 Å². The van der Waals surface area contributed by atoms with Crippen LogP contribution in [0.5, 0.6) is 0 Å². The Morgan fingerprint density at radius 2 is 1.64 bits per heavy atom. The molecule has 0 fully saturated rings. The zero-order chi connectivity index (χ0) is 15.1. The first-order valence-corrected chi connectivity index (χ1v) is 7.20. The Bertz CT molecular complexity index is 978. The van der Waals surface area contributed by atoms with Crippen LogP contribution in [0.3, 0.4) is 0 Å². The zero-order valence-electron chi connectivity index (χ0n) is 11.8. The Labute approximate surface area is 126 Å². The van der Waals surface area contributed by atoms with Crippen molar-refractivity contribution < 1.29 is 10.2 Å². The Kier molecular flexibility index (Phi) is 3.03. The normalized spacial score (nSPS) is 13.2. The van der Waals surface area contributed by atoms with Crippen LogP contribution in [0.1, 0.15) is 0 Å². The van der Waals surface area contributed by atoms with Gasteiger partial charge in [-0.25, -0.2) is 9.97 Å². The Morgan fingerprint density at radius 1 is 0.955 bits per heavy atom. The summed E-state index contributed by atoms with van der Waals surface area (Å²) < 4.78 is 1.92. The van der Waals surface area contributed by atoms with Crippen molar-refractivity contribution in [3.05, 3.63) is 48.5 Å². The van der Waals surface area contributed by atoms with E-state index in [1.54, 1.807) is 0 Å². The molecule has 2 N–H and O–H groups in total. The van der Waals surface area contributed by atoms with E-state index in [0.717, 1.165) is 33.1 Å². The predicted octanol–water partition coefficient (Wildman–Crippen LogP) is 2.09.